The Morgan fingerprint density at radius 2 is 1.93 bits per heavy atom. The molecular formula is C24H26O5. The molecule has 3 rings (SSSR count). The van der Waals surface area contributed by atoms with E-state index in [4.69, 9.17) is 4.74 Å². The Balaban J connectivity index is 1.86. The summed E-state index contributed by atoms with van der Waals surface area (Å²) in [4.78, 5) is 37.1. The van der Waals surface area contributed by atoms with Crippen LogP contribution in [0.3, 0.4) is 0 Å². The molecule has 1 saturated carbocycles. The lowest BCUT2D eigenvalue weighted by molar-refractivity contribution is -0.147. The zero-order valence-electron chi connectivity index (χ0n) is 17.0. The van der Waals surface area contributed by atoms with Crippen molar-refractivity contribution >= 4 is 17.7 Å². The molecule has 3 atom stereocenters. The summed E-state index contributed by atoms with van der Waals surface area (Å²) in [6.07, 6.45) is 5.22. The van der Waals surface area contributed by atoms with E-state index >= 15 is 0 Å². The van der Waals surface area contributed by atoms with E-state index in [0.717, 1.165) is 5.57 Å². The molecule has 0 heterocycles. The molecule has 29 heavy (non-hydrogen) atoms. The number of hydrogen-bond acceptors (Lipinski definition) is 4. The number of carboxylic acid groups (broad SMARTS) is 1. The van der Waals surface area contributed by atoms with Crippen LogP contribution >= 0.6 is 0 Å². The Kier molecular flexibility index (Phi) is 5.35. The number of carboxylic acids is 1. The van der Waals surface area contributed by atoms with Crippen LogP contribution in [0.5, 0.6) is 5.75 Å². The van der Waals surface area contributed by atoms with Gasteiger partial charge in [-0.2, -0.15) is 0 Å². The van der Waals surface area contributed by atoms with E-state index in [1.807, 2.05) is 26.8 Å². The van der Waals surface area contributed by atoms with Crippen molar-refractivity contribution in [3.05, 3.63) is 66.3 Å². The van der Waals surface area contributed by atoms with Gasteiger partial charge in [0, 0.05) is 24.3 Å². The third kappa shape index (κ3) is 3.24. The maximum absolute atomic E-state index is 12.5. The molecule has 0 radical (unpaired) electrons. The predicted octanol–water partition coefficient (Wildman–Crippen LogP) is 4.36. The second-order valence-electron chi connectivity index (χ2n) is 8.30. The van der Waals surface area contributed by atoms with Gasteiger partial charge in [0.2, 0.25) is 0 Å². The largest absolute Gasteiger partial charge is 0.481 e. The Hall–Kier alpha value is -2.95. The predicted molar refractivity (Wildman–Crippen MR) is 109 cm³/mol. The molecule has 0 aliphatic heterocycles. The minimum absolute atomic E-state index is 0.0121. The highest BCUT2D eigenvalue weighted by atomic mass is 16.5. The highest BCUT2D eigenvalue weighted by Crippen LogP contribution is 2.75. The maximum Gasteiger partial charge on any atom is 0.335 e. The number of aliphatic carboxylic acids is 1. The number of hydrogen-bond donors (Lipinski definition) is 1. The fraction of sp³-hybridized carbons (Fsp3) is 0.375. The fourth-order valence-corrected chi connectivity index (χ4v) is 5.08. The van der Waals surface area contributed by atoms with E-state index in [9.17, 15) is 19.5 Å². The van der Waals surface area contributed by atoms with Crippen LogP contribution in [0, 0.1) is 22.7 Å². The average molecular weight is 394 g/mol. The molecule has 0 amide bonds. The van der Waals surface area contributed by atoms with E-state index in [2.05, 4.69) is 6.58 Å². The number of carbonyl (C=O) groups is 3. The maximum atomic E-state index is 12.5. The number of Topliss-reactive ketones (excluding diaryl/α,β-unsaturated/α-hetero) is 1. The number of ether oxygens (including phenoxy) is 1. The second-order valence-corrected chi connectivity index (χ2v) is 8.30. The van der Waals surface area contributed by atoms with E-state index in [1.54, 1.807) is 36.4 Å². The highest BCUT2D eigenvalue weighted by molar-refractivity contribution is 6.01. The molecule has 2 aliphatic carbocycles. The van der Waals surface area contributed by atoms with Crippen molar-refractivity contribution in [2.24, 2.45) is 22.7 Å². The molecule has 1 aromatic carbocycles. The van der Waals surface area contributed by atoms with Crippen LogP contribution in [0.15, 0.2) is 66.3 Å². The van der Waals surface area contributed by atoms with Gasteiger partial charge in [-0.25, -0.2) is 4.79 Å². The van der Waals surface area contributed by atoms with Crippen LogP contribution in [0.2, 0.25) is 0 Å². The lowest BCUT2D eigenvalue weighted by Gasteiger charge is -2.24. The molecule has 1 aromatic rings. The van der Waals surface area contributed by atoms with Crippen molar-refractivity contribution in [2.75, 3.05) is 0 Å². The molecule has 0 aromatic heterocycles. The van der Waals surface area contributed by atoms with Gasteiger partial charge in [-0.05, 0) is 36.5 Å². The third-order valence-corrected chi connectivity index (χ3v) is 6.61. The topological polar surface area (TPSA) is 80.7 Å². The molecule has 0 spiro atoms. The van der Waals surface area contributed by atoms with Gasteiger partial charge in [0.05, 0.1) is 5.41 Å². The number of ketones is 1. The zero-order chi connectivity index (χ0) is 21.4. The Morgan fingerprint density at radius 1 is 1.28 bits per heavy atom. The first-order valence-electron chi connectivity index (χ1n) is 9.70. The first-order chi connectivity index (χ1) is 13.7. The van der Waals surface area contributed by atoms with Crippen LogP contribution in [0.1, 0.15) is 33.6 Å². The molecular weight excluding hydrogens is 368 g/mol. The fourth-order valence-electron chi connectivity index (χ4n) is 5.08. The number of esters is 1. The van der Waals surface area contributed by atoms with Gasteiger partial charge in [-0.1, -0.05) is 49.8 Å². The first kappa shape index (κ1) is 20.8. The molecule has 152 valence electrons. The van der Waals surface area contributed by atoms with Crippen LogP contribution in [0.25, 0.3) is 0 Å². The molecule has 5 heteroatoms. The summed E-state index contributed by atoms with van der Waals surface area (Å²) in [5, 5.41) is 10.2. The zero-order valence-corrected chi connectivity index (χ0v) is 17.0. The molecule has 0 unspecified atom stereocenters. The van der Waals surface area contributed by atoms with Gasteiger partial charge in [0.1, 0.15) is 5.75 Å². The monoisotopic (exact) mass is 394 g/mol. The number of benzene rings is 1. The Morgan fingerprint density at radius 3 is 2.52 bits per heavy atom. The molecule has 0 bridgehead atoms. The SMILES string of the molecule is C=CCC1=C(C)[C@@H]([C@@]2(C(=O)O)[C@H](/C=C\C(=O)Oc3ccccc3)C2(C)C)CC1=O. The highest BCUT2D eigenvalue weighted by Gasteiger charge is 2.78. The van der Waals surface area contributed by atoms with Crippen molar-refractivity contribution in [1.29, 1.82) is 0 Å². The number of para-hydroxylation sites is 1. The van der Waals surface area contributed by atoms with Crippen LogP contribution in [-0.2, 0) is 14.4 Å². The smallest absolute Gasteiger partial charge is 0.335 e. The van der Waals surface area contributed by atoms with Gasteiger partial charge in [-0.3, -0.25) is 9.59 Å². The number of allylic oxidation sites excluding steroid dienone is 4. The van der Waals surface area contributed by atoms with E-state index in [-0.39, 0.29) is 18.1 Å². The minimum Gasteiger partial charge on any atom is -0.481 e. The molecule has 1 N–H and O–H groups in total. The Bertz CT molecular complexity index is 922. The van der Waals surface area contributed by atoms with Crippen molar-refractivity contribution < 1.29 is 24.2 Å². The summed E-state index contributed by atoms with van der Waals surface area (Å²) in [6, 6.07) is 8.69. The van der Waals surface area contributed by atoms with Gasteiger partial charge in [-0.15, -0.1) is 6.58 Å². The molecule has 2 aliphatic rings. The molecule has 0 saturated heterocycles. The summed E-state index contributed by atoms with van der Waals surface area (Å²) in [5.41, 5.74) is -0.232. The molecule has 1 fully saturated rings. The van der Waals surface area contributed by atoms with Crippen molar-refractivity contribution in [3.63, 3.8) is 0 Å². The second kappa shape index (κ2) is 7.47. The van der Waals surface area contributed by atoms with Crippen molar-refractivity contribution in [2.45, 2.75) is 33.6 Å². The minimum atomic E-state index is -1.13. The van der Waals surface area contributed by atoms with Gasteiger partial charge in [0.15, 0.2) is 5.78 Å². The summed E-state index contributed by atoms with van der Waals surface area (Å²) in [5.74, 6) is -1.85. The van der Waals surface area contributed by atoms with Gasteiger partial charge in [0.25, 0.3) is 0 Å². The van der Waals surface area contributed by atoms with E-state index in [0.29, 0.717) is 17.7 Å². The normalized spacial score (nSPS) is 27.9. The summed E-state index contributed by atoms with van der Waals surface area (Å²) in [7, 11) is 0. The van der Waals surface area contributed by atoms with Gasteiger partial charge < -0.3 is 9.84 Å². The lowest BCUT2D eigenvalue weighted by Crippen LogP contribution is -2.31. The van der Waals surface area contributed by atoms with Crippen LogP contribution in [0.4, 0.5) is 0 Å². The van der Waals surface area contributed by atoms with E-state index < -0.39 is 28.7 Å². The van der Waals surface area contributed by atoms with Crippen LogP contribution < -0.4 is 4.74 Å². The standard InChI is InChI=1S/C24H26O5/c1-5-9-17-15(2)18(14-19(17)25)24(22(27)28)20(23(24,3)4)12-13-21(26)29-16-10-7-6-8-11-16/h5-8,10-13,18,20H,1,9,14H2,2-4H3,(H,27,28)/b13-12-/t18-,20+,24-/m0/s1. The third-order valence-electron chi connectivity index (χ3n) is 6.61. The average Bonchev–Trinajstić information content (AvgIpc) is 3.04. The summed E-state index contributed by atoms with van der Waals surface area (Å²) >= 11 is 0. The van der Waals surface area contributed by atoms with Crippen LogP contribution in [-0.4, -0.2) is 22.8 Å². The van der Waals surface area contributed by atoms with E-state index in [1.165, 1.54) is 6.08 Å². The number of carbonyl (C=O) groups excluding carboxylic acids is 2. The van der Waals surface area contributed by atoms with Gasteiger partial charge >= 0.3 is 11.9 Å². The van der Waals surface area contributed by atoms with Crippen molar-refractivity contribution in [3.8, 4) is 5.75 Å². The number of rotatable bonds is 7. The summed E-state index contributed by atoms with van der Waals surface area (Å²) in [6.45, 7) is 9.29. The van der Waals surface area contributed by atoms with Crippen molar-refractivity contribution in [1.82, 2.24) is 0 Å². The lowest BCUT2D eigenvalue weighted by atomic mass is 9.78. The Labute approximate surface area is 170 Å². The quantitative estimate of drug-likeness (QED) is 0.322. The molecule has 5 nitrogen and oxygen atoms in total. The first-order valence-corrected chi connectivity index (χ1v) is 9.70. The summed E-state index contributed by atoms with van der Waals surface area (Å²) < 4.78 is 5.25.